The van der Waals surface area contributed by atoms with Gasteiger partial charge in [0.25, 0.3) is 0 Å². The maximum Gasteiger partial charge on any atom is 0.174 e. The molecule has 4 heterocycles. The van der Waals surface area contributed by atoms with Gasteiger partial charge in [-0.3, -0.25) is 9.97 Å². The average molecular weight is 504 g/mol. The highest BCUT2D eigenvalue weighted by atomic mass is 32.1. The van der Waals surface area contributed by atoms with Gasteiger partial charge in [-0.25, -0.2) is 0 Å². The summed E-state index contributed by atoms with van der Waals surface area (Å²) < 4.78 is 8.29. The van der Waals surface area contributed by atoms with Crippen molar-refractivity contribution in [3.8, 4) is 17.2 Å². The van der Waals surface area contributed by atoms with Crippen LogP contribution in [0.3, 0.4) is 0 Å². The average Bonchev–Trinajstić information content (AvgIpc) is 3.56. The Hall–Kier alpha value is -4.49. The first-order chi connectivity index (χ1) is 18.2. The molecule has 2 aromatic carbocycles. The summed E-state index contributed by atoms with van der Waals surface area (Å²) in [6, 6.07) is 29.9. The molecule has 0 bridgehead atoms. The van der Waals surface area contributed by atoms with E-state index in [1.165, 1.54) is 0 Å². The fraction of sp³-hybridized carbons (Fsp3) is 0.100. The van der Waals surface area contributed by atoms with Crippen molar-refractivity contribution in [1.82, 2.24) is 19.9 Å². The lowest BCUT2D eigenvalue weighted by Crippen LogP contribution is -2.30. The lowest BCUT2D eigenvalue weighted by molar-refractivity contribution is 0.479. The van der Waals surface area contributed by atoms with Crippen LogP contribution in [0.25, 0.3) is 5.69 Å². The van der Waals surface area contributed by atoms with Crippen LogP contribution >= 0.6 is 12.2 Å². The van der Waals surface area contributed by atoms with E-state index in [1.54, 1.807) is 6.20 Å². The summed E-state index contributed by atoms with van der Waals surface area (Å²) in [6.45, 7) is 2.04. The predicted molar refractivity (Wildman–Crippen MR) is 149 cm³/mol. The molecule has 1 aliphatic rings. The minimum atomic E-state index is -0.138. The third-order valence-corrected chi connectivity index (χ3v) is 6.86. The number of hydrogen-bond acceptors (Lipinski definition) is 4. The van der Waals surface area contributed by atoms with E-state index >= 15 is 0 Å². The van der Waals surface area contributed by atoms with Gasteiger partial charge in [-0.2, -0.15) is 0 Å². The number of thiocarbonyl (C=S) groups is 1. The summed E-state index contributed by atoms with van der Waals surface area (Å²) >= 11 is 5.90. The van der Waals surface area contributed by atoms with Gasteiger partial charge in [0.2, 0.25) is 0 Å². The number of rotatable bonds is 6. The van der Waals surface area contributed by atoms with Crippen LogP contribution in [-0.2, 0) is 0 Å². The molecule has 5 aromatic rings. The number of nitrogens with one attached hydrogen (secondary N) is 1. The fourth-order valence-corrected chi connectivity index (χ4v) is 5.12. The number of anilines is 1. The van der Waals surface area contributed by atoms with Crippen LogP contribution in [0.15, 0.2) is 116 Å². The first-order valence-corrected chi connectivity index (χ1v) is 12.5. The van der Waals surface area contributed by atoms with Crippen LogP contribution in [0.4, 0.5) is 5.69 Å². The summed E-state index contributed by atoms with van der Waals surface area (Å²) in [6.07, 6.45) is 7.52. The topological polar surface area (TPSA) is 55.2 Å². The SMILES string of the molecule is Cc1ccccc1Oc1ccc(N2C(=S)NC(c3ccccn3)C2c2cccn2-c2cccnc2)cc1. The molecule has 1 N–H and O–H groups in total. The van der Waals surface area contributed by atoms with E-state index in [9.17, 15) is 0 Å². The molecular weight excluding hydrogens is 478 g/mol. The summed E-state index contributed by atoms with van der Waals surface area (Å²) in [7, 11) is 0. The van der Waals surface area contributed by atoms with Crippen molar-refractivity contribution in [1.29, 1.82) is 0 Å². The van der Waals surface area contributed by atoms with Crippen LogP contribution in [0, 0.1) is 6.92 Å². The standard InChI is InChI=1S/C30H25N5OS/c1-21-8-2-3-12-27(21)36-24-15-13-22(14-16-24)35-29(28(33-30(35)37)25-10-4-5-18-32-25)26-11-7-19-34(26)23-9-6-17-31-20-23/h2-20,28-29H,1H3,(H,33,37). The van der Waals surface area contributed by atoms with Crippen molar-refractivity contribution in [2.45, 2.75) is 19.0 Å². The molecule has 1 aliphatic heterocycles. The Morgan fingerprint density at radius 3 is 2.43 bits per heavy atom. The molecule has 0 aliphatic carbocycles. The van der Waals surface area contributed by atoms with Crippen molar-refractivity contribution in [2.75, 3.05) is 4.90 Å². The molecular formula is C30H25N5OS. The van der Waals surface area contributed by atoms with Crippen LogP contribution in [-0.4, -0.2) is 19.6 Å². The molecule has 1 fully saturated rings. The molecule has 6 nitrogen and oxygen atoms in total. The number of nitrogens with zero attached hydrogens (tertiary/aromatic N) is 4. The number of aromatic nitrogens is 3. The molecule has 2 atom stereocenters. The van der Waals surface area contributed by atoms with Gasteiger partial charge in [0, 0.05) is 30.0 Å². The highest BCUT2D eigenvalue weighted by Gasteiger charge is 2.42. The van der Waals surface area contributed by atoms with Crippen molar-refractivity contribution in [3.63, 3.8) is 0 Å². The number of aryl methyl sites for hydroxylation is 1. The third-order valence-electron chi connectivity index (χ3n) is 6.54. The summed E-state index contributed by atoms with van der Waals surface area (Å²) in [5.74, 6) is 1.61. The van der Waals surface area contributed by atoms with Gasteiger partial charge < -0.3 is 19.5 Å². The number of pyridine rings is 2. The van der Waals surface area contributed by atoms with E-state index in [2.05, 4.69) is 49.1 Å². The van der Waals surface area contributed by atoms with Gasteiger partial charge >= 0.3 is 0 Å². The molecule has 0 spiro atoms. The monoisotopic (exact) mass is 503 g/mol. The van der Waals surface area contributed by atoms with Crippen LogP contribution in [0.1, 0.15) is 29.0 Å². The van der Waals surface area contributed by atoms with Gasteiger partial charge in [-0.15, -0.1) is 0 Å². The van der Waals surface area contributed by atoms with Gasteiger partial charge in [0.15, 0.2) is 5.11 Å². The van der Waals surface area contributed by atoms with Crippen molar-refractivity contribution >= 4 is 23.0 Å². The second-order valence-electron chi connectivity index (χ2n) is 8.87. The number of para-hydroxylation sites is 1. The first kappa shape index (κ1) is 22.9. The highest BCUT2D eigenvalue weighted by Crippen LogP contribution is 2.42. The van der Waals surface area contributed by atoms with E-state index in [0.717, 1.165) is 39.8 Å². The molecule has 37 heavy (non-hydrogen) atoms. The van der Waals surface area contributed by atoms with E-state index in [4.69, 9.17) is 17.0 Å². The van der Waals surface area contributed by atoms with Crippen LogP contribution in [0.2, 0.25) is 0 Å². The Balaban J connectivity index is 1.39. The quantitative estimate of drug-likeness (QED) is 0.265. The van der Waals surface area contributed by atoms with Crippen LogP contribution in [0.5, 0.6) is 11.5 Å². The zero-order chi connectivity index (χ0) is 25.2. The molecule has 0 saturated carbocycles. The third kappa shape index (κ3) is 4.45. The minimum Gasteiger partial charge on any atom is -0.457 e. The van der Waals surface area contributed by atoms with E-state index in [-0.39, 0.29) is 12.1 Å². The Morgan fingerprint density at radius 2 is 1.68 bits per heavy atom. The lowest BCUT2D eigenvalue weighted by Gasteiger charge is -2.29. The van der Waals surface area contributed by atoms with Crippen molar-refractivity contribution in [2.24, 2.45) is 0 Å². The zero-order valence-corrected chi connectivity index (χ0v) is 21.0. The molecule has 182 valence electrons. The largest absolute Gasteiger partial charge is 0.457 e. The van der Waals surface area contributed by atoms with E-state index < -0.39 is 0 Å². The Kier molecular flexibility index (Phi) is 6.12. The Labute approximate surface area is 221 Å². The molecule has 2 unspecified atom stereocenters. The number of hydrogen-bond donors (Lipinski definition) is 1. The van der Waals surface area contributed by atoms with Crippen LogP contribution < -0.4 is 15.0 Å². The summed E-state index contributed by atoms with van der Waals surface area (Å²) in [5, 5.41) is 4.18. The maximum atomic E-state index is 6.13. The number of ether oxygens (including phenoxy) is 1. The van der Waals surface area contributed by atoms with Gasteiger partial charge in [0.05, 0.1) is 23.6 Å². The normalized spacial score (nSPS) is 17.0. The summed E-state index contributed by atoms with van der Waals surface area (Å²) in [4.78, 5) is 11.2. The Bertz CT molecular complexity index is 1520. The Morgan fingerprint density at radius 1 is 0.838 bits per heavy atom. The second kappa shape index (κ2) is 9.87. The molecule has 6 rings (SSSR count). The molecule has 0 radical (unpaired) electrons. The van der Waals surface area contributed by atoms with E-state index in [0.29, 0.717) is 5.11 Å². The van der Waals surface area contributed by atoms with Gasteiger partial charge in [0.1, 0.15) is 17.5 Å². The summed E-state index contributed by atoms with van der Waals surface area (Å²) in [5.41, 5.74) is 5.05. The molecule has 1 saturated heterocycles. The first-order valence-electron chi connectivity index (χ1n) is 12.1. The molecule has 3 aromatic heterocycles. The zero-order valence-electron chi connectivity index (χ0n) is 20.2. The van der Waals surface area contributed by atoms with Gasteiger partial charge in [-0.1, -0.05) is 24.3 Å². The predicted octanol–water partition coefficient (Wildman–Crippen LogP) is 6.55. The highest BCUT2D eigenvalue weighted by molar-refractivity contribution is 7.80. The maximum absolute atomic E-state index is 6.13. The smallest absolute Gasteiger partial charge is 0.174 e. The van der Waals surface area contributed by atoms with Gasteiger partial charge in [-0.05, 0) is 91.4 Å². The van der Waals surface area contributed by atoms with E-state index in [1.807, 2.05) is 92.1 Å². The minimum absolute atomic E-state index is 0.137. The molecule has 7 heteroatoms. The van der Waals surface area contributed by atoms with Crippen molar-refractivity contribution in [3.05, 3.63) is 133 Å². The fourth-order valence-electron chi connectivity index (χ4n) is 4.77. The van der Waals surface area contributed by atoms with Crippen molar-refractivity contribution < 1.29 is 4.74 Å². The number of benzene rings is 2. The lowest BCUT2D eigenvalue weighted by atomic mass is 10.0. The second-order valence-corrected chi connectivity index (χ2v) is 9.26. The molecule has 0 amide bonds.